The van der Waals surface area contributed by atoms with Crippen LogP contribution in [-0.2, 0) is 16.4 Å². The van der Waals surface area contributed by atoms with Crippen LogP contribution in [0.4, 0.5) is 15.8 Å². The number of aryl methyl sites for hydroxylation is 1. The number of nitrogens with two attached hydrogens (primary N) is 1. The van der Waals surface area contributed by atoms with Crippen LogP contribution in [0, 0.1) is 5.82 Å². The molecule has 1 aromatic carbocycles. The van der Waals surface area contributed by atoms with E-state index < -0.39 is 15.8 Å². The Morgan fingerprint density at radius 1 is 1.32 bits per heavy atom. The number of thiophene rings is 1. The van der Waals surface area contributed by atoms with Crippen molar-refractivity contribution >= 4 is 32.7 Å². The summed E-state index contributed by atoms with van der Waals surface area (Å²) >= 11 is 1.21. The SMILES string of the molecule is CCc1ccc(S(=O)(=O)Nc2ccc(F)c(N)c2)s1. The van der Waals surface area contributed by atoms with Crippen LogP contribution in [-0.4, -0.2) is 8.42 Å². The number of nitrogens with one attached hydrogen (secondary N) is 1. The third-order valence-corrected chi connectivity index (χ3v) is 5.60. The van der Waals surface area contributed by atoms with Crippen molar-refractivity contribution < 1.29 is 12.8 Å². The van der Waals surface area contributed by atoms with Crippen molar-refractivity contribution in [3.05, 3.63) is 41.0 Å². The molecule has 0 unspecified atom stereocenters. The minimum atomic E-state index is -3.64. The highest BCUT2D eigenvalue weighted by atomic mass is 32.2. The van der Waals surface area contributed by atoms with E-state index >= 15 is 0 Å². The third-order valence-electron chi connectivity index (χ3n) is 2.50. The molecular weight excluding hydrogens is 287 g/mol. The van der Waals surface area contributed by atoms with Crippen molar-refractivity contribution in [1.82, 2.24) is 0 Å². The molecule has 0 saturated carbocycles. The smallest absolute Gasteiger partial charge is 0.271 e. The van der Waals surface area contributed by atoms with E-state index in [2.05, 4.69) is 4.72 Å². The lowest BCUT2D eigenvalue weighted by Gasteiger charge is -2.07. The van der Waals surface area contributed by atoms with Crippen molar-refractivity contribution in [2.45, 2.75) is 17.6 Å². The first-order chi connectivity index (χ1) is 8.92. The number of anilines is 2. The summed E-state index contributed by atoms with van der Waals surface area (Å²) in [5, 5.41) is 0. The lowest BCUT2D eigenvalue weighted by atomic mass is 10.3. The summed E-state index contributed by atoms with van der Waals surface area (Å²) in [4.78, 5) is 0.985. The Bertz CT molecular complexity index is 696. The molecule has 0 saturated heterocycles. The summed E-state index contributed by atoms with van der Waals surface area (Å²) in [6.07, 6.45) is 0.781. The van der Waals surface area contributed by atoms with Crippen molar-refractivity contribution in [2.75, 3.05) is 10.5 Å². The Kier molecular flexibility index (Phi) is 3.77. The summed E-state index contributed by atoms with van der Waals surface area (Å²) in [6.45, 7) is 1.95. The van der Waals surface area contributed by atoms with Crippen molar-refractivity contribution in [1.29, 1.82) is 0 Å². The molecule has 4 nitrogen and oxygen atoms in total. The number of rotatable bonds is 4. The van der Waals surface area contributed by atoms with E-state index in [-0.39, 0.29) is 15.6 Å². The number of halogens is 1. The first-order valence-corrected chi connectivity index (χ1v) is 7.89. The second-order valence-corrected chi connectivity index (χ2v) is 6.99. The van der Waals surface area contributed by atoms with Crippen LogP contribution < -0.4 is 10.5 Å². The van der Waals surface area contributed by atoms with E-state index in [9.17, 15) is 12.8 Å². The Hall–Kier alpha value is -1.60. The molecule has 0 aliphatic heterocycles. The molecule has 19 heavy (non-hydrogen) atoms. The molecule has 0 spiro atoms. The zero-order valence-electron chi connectivity index (χ0n) is 10.2. The predicted octanol–water partition coefficient (Wildman–Crippen LogP) is 2.83. The van der Waals surface area contributed by atoms with Gasteiger partial charge in [0.2, 0.25) is 0 Å². The number of sulfonamides is 1. The molecule has 1 aromatic heterocycles. The highest BCUT2D eigenvalue weighted by Gasteiger charge is 2.17. The van der Waals surface area contributed by atoms with Crippen LogP contribution in [0.15, 0.2) is 34.5 Å². The summed E-state index contributed by atoms with van der Waals surface area (Å²) in [5.74, 6) is -0.577. The molecule has 0 amide bonds. The maximum Gasteiger partial charge on any atom is 0.271 e. The Labute approximate surface area is 115 Å². The fourth-order valence-electron chi connectivity index (χ4n) is 1.51. The van der Waals surface area contributed by atoms with Crippen LogP contribution in [0.5, 0.6) is 0 Å². The van der Waals surface area contributed by atoms with Gasteiger partial charge >= 0.3 is 0 Å². The fraction of sp³-hybridized carbons (Fsp3) is 0.167. The highest BCUT2D eigenvalue weighted by molar-refractivity contribution is 7.94. The lowest BCUT2D eigenvalue weighted by molar-refractivity contribution is 0.603. The quantitative estimate of drug-likeness (QED) is 0.853. The first kappa shape index (κ1) is 13.8. The van der Waals surface area contributed by atoms with Crippen LogP contribution in [0.3, 0.4) is 0 Å². The fourth-order valence-corrected chi connectivity index (χ4v) is 3.85. The van der Waals surface area contributed by atoms with E-state index in [4.69, 9.17) is 5.73 Å². The minimum absolute atomic E-state index is 0.0966. The van der Waals surface area contributed by atoms with E-state index in [1.807, 2.05) is 6.92 Å². The van der Waals surface area contributed by atoms with Gasteiger partial charge in [-0.2, -0.15) is 0 Å². The van der Waals surface area contributed by atoms with Crippen molar-refractivity contribution in [3.8, 4) is 0 Å². The molecular formula is C12H13FN2O2S2. The Morgan fingerprint density at radius 3 is 2.63 bits per heavy atom. The van der Waals surface area contributed by atoms with Gasteiger partial charge in [0, 0.05) is 4.88 Å². The lowest BCUT2D eigenvalue weighted by Crippen LogP contribution is -2.11. The minimum Gasteiger partial charge on any atom is -0.396 e. The van der Waals surface area contributed by atoms with E-state index in [0.29, 0.717) is 0 Å². The average Bonchev–Trinajstić information content (AvgIpc) is 2.83. The molecule has 0 bridgehead atoms. The number of benzene rings is 1. The maximum absolute atomic E-state index is 13.0. The van der Waals surface area contributed by atoms with Gasteiger partial charge in [0.05, 0.1) is 11.4 Å². The third kappa shape index (κ3) is 3.05. The molecule has 0 fully saturated rings. The largest absolute Gasteiger partial charge is 0.396 e. The first-order valence-electron chi connectivity index (χ1n) is 5.59. The van der Waals surface area contributed by atoms with Gasteiger partial charge in [-0.15, -0.1) is 11.3 Å². The second-order valence-electron chi connectivity index (χ2n) is 3.92. The van der Waals surface area contributed by atoms with Gasteiger partial charge in [0.15, 0.2) is 0 Å². The number of hydrogen-bond donors (Lipinski definition) is 2. The molecule has 3 N–H and O–H groups in total. The normalized spacial score (nSPS) is 11.5. The standard InChI is InChI=1S/C12H13FN2O2S2/c1-2-9-4-6-12(18-9)19(16,17)15-8-3-5-10(13)11(14)7-8/h3-7,15H,2,14H2,1H3. The summed E-state index contributed by atoms with van der Waals surface area (Å²) in [7, 11) is -3.64. The molecule has 0 atom stereocenters. The van der Waals surface area contributed by atoms with Gasteiger partial charge < -0.3 is 5.73 Å². The van der Waals surface area contributed by atoms with Gasteiger partial charge in [-0.3, -0.25) is 4.72 Å². The van der Waals surface area contributed by atoms with E-state index in [1.54, 1.807) is 12.1 Å². The second kappa shape index (κ2) is 5.18. The average molecular weight is 300 g/mol. The molecule has 7 heteroatoms. The summed E-state index contributed by atoms with van der Waals surface area (Å²) in [5.41, 5.74) is 5.54. The van der Waals surface area contributed by atoms with Crippen molar-refractivity contribution in [3.63, 3.8) is 0 Å². The Balaban J connectivity index is 2.28. The van der Waals surface area contributed by atoms with Crippen LogP contribution in [0.25, 0.3) is 0 Å². The summed E-state index contributed by atoms with van der Waals surface area (Å²) in [6, 6.07) is 7.04. The number of nitrogen functional groups attached to an aromatic ring is 1. The van der Waals surface area contributed by atoms with E-state index in [0.717, 1.165) is 17.4 Å². The molecule has 2 rings (SSSR count). The maximum atomic E-state index is 13.0. The van der Waals surface area contributed by atoms with E-state index in [1.165, 1.54) is 23.5 Å². The van der Waals surface area contributed by atoms with Crippen LogP contribution >= 0.6 is 11.3 Å². The molecule has 2 aromatic rings. The molecule has 0 aliphatic rings. The topological polar surface area (TPSA) is 72.2 Å². The van der Waals surface area contributed by atoms with Crippen LogP contribution in [0.2, 0.25) is 0 Å². The Morgan fingerprint density at radius 2 is 2.05 bits per heavy atom. The summed E-state index contributed by atoms with van der Waals surface area (Å²) < 4.78 is 39.8. The van der Waals surface area contributed by atoms with Crippen molar-refractivity contribution in [2.24, 2.45) is 0 Å². The monoisotopic (exact) mass is 300 g/mol. The molecule has 102 valence electrons. The zero-order chi connectivity index (χ0) is 14.0. The van der Waals surface area contributed by atoms with Gasteiger partial charge in [-0.05, 0) is 36.8 Å². The molecule has 0 radical (unpaired) electrons. The molecule has 1 heterocycles. The highest BCUT2D eigenvalue weighted by Crippen LogP contribution is 2.25. The van der Waals surface area contributed by atoms with Gasteiger partial charge in [0.25, 0.3) is 10.0 Å². The van der Waals surface area contributed by atoms with Gasteiger partial charge in [-0.25, -0.2) is 12.8 Å². The van der Waals surface area contributed by atoms with Crippen LogP contribution in [0.1, 0.15) is 11.8 Å². The number of hydrogen-bond acceptors (Lipinski definition) is 4. The van der Waals surface area contributed by atoms with Gasteiger partial charge in [0.1, 0.15) is 10.0 Å². The zero-order valence-corrected chi connectivity index (χ0v) is 11.8. The predicted molar refractivity (Wildman–Crippen MR) is 75.3 cm³/mol. The van der Waals surface area contributed by atoms with Gasteiger partial charge in [-0.1, -0.05) is 6.92 Å². The molecule has 0 aliphatic carbocycles.